The van der Waals surface area contributed by atoms with E-state index in [9.17, 15) is 18.0 Å². The molecule has 0 aliphatic rings. The van der Waals surface area contributed by atoms with E-state index < -0.39 is 11.9 Å². The van der Waals surface area contributed by atoms with Crippen molar-refractivity contribution < 1.29 is 18.0 Å². The molecule has 0 radical (unpaired) electrons. The number of amides is 1. The lowest BCUT2D eigenvalue weighted by Gasteiger charge is -2.10. The molecule has 29 heavy (non-hydrogen) atoms. The molecule has 3 N–H and O–H groups in total. The first-order valence-electron chi connectivity index (χ1n) is 9.23. The van der Waals surface area contributed by atoms with E-state index in [4.69, 9.17) is 0 Å². The van der Waals surface area contributed by atoms with E-state index >= 15 is 0 Å². The Kier molecular flexibility index (Phi) is 8.91. The highest BCUT2D eigenvalue weighted by Gasteiger charge is 2.33. The van der Waals surface area contributed by atoms with Crippen molar-refractivity contribution in [1.82, 2.24) is 20.9 Å². The summed E-state index contributed by atoms with van der Waals surface area (Å²) in [6.45, 7) is 3.31. The summed E-state index contributed by atoms with van der Waals surface area (Å²) in [4.78, 5) is 19.7. The maximum Gasteiger partial charge on any atom is 0.434 e. The minimum absolute atomic E-state index is 0.0421. The molecule has 0 saturated heterocycles. The number of guanidine groups is 1. The van der Waals surface area contributed by atoms with Crippen LogP contribution in [-0.2, 0) is 23.8 Å². The summed E-state index contributed by atoms with van der Waals surface area (Å²) in [6.07, 6.45) is -3.36. The molecule has 1 aromatic heterocycles. The molecule has 2 rings (SSSR count). The van der Waals surface area contributed by atoms with E-state index in [0.717, 1.165) is 28.7 Å². The summed E-state index contributed by atoms with van der Waals surface area (Å²) in [6, 6.07) is 9.84. The van der Waals surface area contributed by atoms with E-state index in [1.54, 1.807) is 0 Å². The summed E-state index contributed by atoms with van der Waals surface area (Å²) < 4.78 is 37.7. The number of carbonyl (C=O) groups is 1. The quantitative estimate of drug-likeness (QED) is 0.425. The number of nitrogens with zero attached hydrogens (tertiary/aromatic N) is 2. The molecule has 10 heteroatoms. The van der Waals surface area contributed by atoms with Crippen LogP contribution in [-0.4, -0.2) is 43.0 Å². The van der Waals surface area contributed by atoms with Gasteiger partial charge in [0.05, 0.1) is 5.01 Å². The minimum atomic E-state index is -4.42. The average molecular weight is 427 g/mol. The SMILES string of the molecule is CCNC(=NCC(=O)NCCc1ccccc1)NCCc1nc(C(F)(F)F)cs1. The Hall–Kier alpha value is -2.62. The van der Waals surface area contributed by atoms with Gasteiger partial charge in [-0.1, -0.05) is 30.3 Å². The van der Waals surface area contributed by atoms with Crippen LogP contribution in [0.2, 0.25) is 0 Å². The highest BCUT2D eigenvalue weighted by atomic mass is 32.1. The molecule has 1 amide bonds. The van der Waals surface area contributed by atoms with Gasteiger partial charge in [0.25, 0.3) is 0 Å². The third-order valence-electron chi connectivity index (χ3n) is 3.78. The number of rotatable bonds is 9. The number of alkyl halides is 3. The number of thiazole rings is 1. The van der Waals surface area contributed by atoms with Crippen LogP contribution in [0.4, 0.5) is 13.2 Å². The van der Waals surface area contributed by atoms with Gasteiger partial charge in [-0.3, -0.25) is 4.79 Å². The number of benzene rings is 1. The fraction of sp³-hybridized carbons (Fsp3) is 0.421. The van der Waals surface area contributed by atoms with Crippen LogP contribution in [0.5, 0.6) is 0 Å². The molecule has 1 aromatic carbocycles. The maximum absolute atomic E-state index is 12.6. The van der Waals surface area contributed by atoms with Gasteiger partial charge in [-0.25, -0.2) is 9.98 Å². The number of hydrogen-bond donors (Lipinski definition) is 3. The summed E-state index contributed by atoms with van der Waals surface area (Å²) in [5, 5.41) is 10.2. The lowest BCUT2D eigenvalue weighted by atomic mass is 10.1. The highest BCUT2D eigenvalue weighted by Crippen LogP contribution is 2.29. The van der Waals surface area contributed by atoms with E-state index in [1.807, 2.05) is 37.3 Å². The molecule has 0 aliphatic carbocycles. The number of hydrogen-bond acceptors (Lipinski definition) is 4. The van der Waals surface area contributed by atoms with Crippen LogP contribution in [0.1, 0.15) is 23.2 Å². The van der Waals surface area contributed by atoms with Crippen molar-refractivity contribution in [3.8, 4) is 0 Å². The second-order valence-corrected chi connectivity index (χ2v) is 7.02. The van der Waals surface area contributed by atoms with Gasteiger partial charge in [-0.15, -0.1) is 11.3 Å². The molecule has 0 atom stereocenters. The third-order valence-corrected chi connectivity index (χ3v) is 4.69. The van der Waals surface area contributed by atoms with E-state index in [0.29, 0.717) is 37.0 Å². The van der Waals surface area contributed by atoms with Gasteiger partial charge in [0, 0.05) is 31.4 Å². The second-order valence-electron chi connectivity index (χ2n) is 6.08. The van der Waals surface area contributed by atoms with Crippen molar-refractivity contribution in [3.63, 3.8) is 0 Å². The van der Waals surface area contributed by atoms with Crippen LogP contribution in [0.3, 0.4) is 0 Å². The minimum Gasteiger partial charge on any atom is -0.357 e. The van der Waals surface area contributed by atoms with E-state index in [-0.39, 0.29) is 12.5 Å². The van der Waals surface area contributed by atoms with Gasteiger partial charge in [0.1, 0.15) is 6.54 Å². The van der Waals surface area contributed by atoms with Crippen molar-refractivity contribution in [1.29, 1.82) is 0 Å². The van der Waals surface area contributed by atoms with Crippen LogP contribution >= 0.6 is 11.3 Å². The first-order valence-corrected chi connectivity index (χ1v) is 10.1. The summed E-state index contributed by atoms with van der Waals surface area (Å²) in [7, 11) is 0. The molecule has 6 nitrogen and oxygen atoms in total. The normalized spacial score (nSPS) is 11.9. The predicted octanol–water partition coefficient (Wildman–Crippen LogP) is 2.62. The van der Waals surface area contributed by atoms with Gasteiger partial charge < -0.3 is 16.0 Å². The van der Waals surface area contributed by atoms with E-state index in [1.165, 1.54) is 0 Å². The Morgan fingerprint density at radius 2 is 1.83 bits per heavy atom. The molecule has 0 bridgehead atoms. The predicted molar refractivity (Wildman–Crippen MR) is 108 cm³/mol. The first kappa shape index (κ1) is 22.7. The van der Waals surface area contributed by atoms with Crippen LogP contribution in [0, 0.1) is 0 Å². The number of aliphatic imine (C=N–C) groups is 1. The zero-order chi connectivity index (χ0) is 21.1. The molecule has 1 heterocycles. The maximum atomic E-state index is 12.6. The molecule has 2 aromatic rings. The summed E-state index contributed by atoms with van der Waals surface area (Å²) >= 11 is 0.971. The van der Waals surface area contributed by atoms with Crippen LogP contribution in [0.25, 0.3) is 0 Å². The highest BCUT2D eigenvalue weighted by molar-refractivity contribution is 7.09. The lowest BCUT2D eigenvalue weighted by Crippen LogP contribution is -2.39. The average Bonchev–Trinajstić information content (AvgIpc) is 3.16. The number of carbonyl (C=O) groups excluding carboxylic acids is 1. The summed E-state index contributed by atoms with van der Waals surface area (Å²) in [5.74, 6) is 0.228. The topological polar surface area (TPSA) is 78.4 Å². The Balaban J connectivity index is 1.73. The standard InChI is InChI=1S/C19H24F3N5OS/c1-2-23-18(25-11-9-17-27-15(13-29-17)19(20,21)22)26-12-16(28)24-10-8-14-6-4-3-5-7-14/h3-7,13H,2,8-12H2,1H3,(H,24,28)(H2,23,25,26). The van der Waals surface area contributed by atoms with Crippen molar-refractivity contribution in [2.45, 2.75) is 25.9 Å². The Bertz CT molecular complexity index is 793. The molecule has 0 fully saturated rings. The Labute approximate surface area is 171 Å². The fourth-order valence-electron chi connectivity index (χ4n) is 2.38. The molecular weight excluding hydrogens is 403 g/mol. The zero-order valence-electron chi connectivity index (χ0n) is 16.1. The number of nitrogens with one attached hydrogen (secondary N) is 3. The molecule has 0 unspecified atom stereocenters. The van der Waals surface area contributed by atoms with Crippen molar-refractivity contribution in [2.75, 3.05) is 26.2 Å². The Morgan fingerprint density at radius 1 is 1.10 bits per heavy atom. The molecule has 0 spiro atoms. The fourth-order valence-corrected chi connectivity index (χ4v) is 3.19. The van der Waals surface area contributed by atoms with Gasteiger partial charge in [-0.05, 0) is 18.9 Å². The van der Waals surface area contributed by atoms with Gasteiger partial charge >= 0.3 is 6.18 Å². The molecule has 0 saturated carbocycles. The number of halogens is 3. The van der Waals surface area contributed by atoms with Crippen molar-refractivity contribution in [3.05, 3.63) is 52.0 Å². The van der Waals surface area contributed by atoms with Gasteiger partial charge in [0.15, 0.2) is 11.7 Å². The van der Waals surface area contributed by atoms with Gasteiger partial charge in [-0.2, -0.15) is 13.2 Å². The first-order chi connectivity index (χ1) is 13.9. The van der Waals surface area contributed by atoms with Gasteiger partial charge in [0.2, 0.25) is 5.91 Å². The van der Waals surface area contributed by atoms with Crippen LogP contribution < -0.4 is 16.0 Å². The number of aromatic nitrogens is 1. The van der Waals surface area contributed by atoms with Crippen molar-refractivity contribution >= 4 is 23.2 Å². The molecule has 158 valence electrons. The zero-order valence-corrected chi connectivity index (χ0v) is 16.9. The smallest absolute Gasteiger partial charge is 0.357 e. The largest absolute Gasteiger partial charge is 0.434 e. The third kappa shape index (κ3) is 8.51. The molecule has 0 aliphatic heterocycles. The summed E-state index contributed by atoms with van der Waals surface area (Å²) in [5.41, 5.74) is 0.271. The Morgan fingerprint density at radius 3 is 2.48 bits per heavy atom. The second kappa shape index (κ2) is 11.4. The molecular formula is C19H24F3N5OS. The van der Waals surface area contributed by atoms with Crippen LogP contribution in [0.15, 0.2) is 40.7 Å². The monoisotopic (exact) mass is 427 g/mol. The van der Waals surface area contributed by atoms with Crippen molar-refractivity contribution in [2.24, 2.45) is 4.99 Å². The lowest BCUT2D eigenvalue weighted by molar-refractivity contribution is -0.140. The van der Waals surface area contributed by atoms with E-state index in [2.05, 4.69) is 25.9 Å².